The molecule has 1 amide bonds. The molecule has 132 valence electrons. The topological polar surface area (TPSA) is 29.1 Å². The molecule has 2 nitrogen and oxygen atoms in total. The van der Waals surface area contributed by atoms with Gasteiger partial charge in [0.2, 0.25) is 5.91 Å². The second-order valence-electron chi connectivity index (χ2n) is 7.75. The fourth-order valence-electron chi connectivity index (χ4n) is 3.93. The lowest BCUT2D eigenvalue weighted by molar-refractivity contribution is -0.117. The highest BCUT2D eigenvalue weighted by Crippen LogP contribution is 2.36. The van der Waals surface area contributed by atoms with E-state index in [4.69, 9.17) is 0 Å². The van der Waals surface area contributed by atoms with Crippen LogP contribution < -0.4 is 5.32 Å². The van der Waals surface area contributed by atoms with Gasteiger partial charge in [0, 0.05) is 5.69 Å². The fraction of sp³-hybridized carbons (Fsp3) is 0.435. The van der Waals surface area contributed by atoms with E-state index in [1.165, 1.54) is 22.3 Å². The van der Waals surface area contributed by atoms with Gasteiger partial charge in [0.25, 0.3) is 0 Å². The Hall–Kier alpha value is -2.09. The summed E-state index contributed by atoms with van der Waals surface area (Å²) in [5, 5.41) is 3.31. The summed E-state index contributed by atoms with van der Waals surface area (Å²) in [4.78, 5) is 13.2. The van der Waals surface area contributed by atoms with Gasteiger partial charge in [-0.1, -0.05) is 70.2 Å². The van der Waals surface area contributed by atoms with Gasteiger partial charge in [-0.3, -0.25) is 4.79 Å². The first-order chi connectivity index (χ1) is 12.0. The highest BCUT2D eigenvalue weighted by atomic mass is 16.1. The molecule has 0 saturated carbocycles. The van der Waals surface area contributed by atoms with Crippen LogP contribution >= 0.6 is 0 Å². The van der Waals surface area contributed by atoms with Crippen LogP contribution in [0.5, 0.6) is 0 Å². The molecule has 0 spiro atoms. The fourth-order valence-corrected chi connectivity index (χ4v) is 3.93. The number of rotatable bonds is 4. The van der Waals surface area contributed by atoms with Gasteiger partial charge in [0.15, 0.2) is 0 Å². The maximum absolute atomic E-state index is 13.2. The maximum Gasteiger partial charge on any atom is 0.231 e. The van der Waals surface area contributed by atoms with E-state index in [9.17, 15) is 4.79 Å². The summed E-state index contributed by atoms with van der Waals surface area (Å²) in [6.07, 6.45) is 3.10. The molecule has 1 atom stereocenters. The average Bonchev–Trinajstić information content (AvgIpc) is 2.60. The first-order valence-electron chi connectivity index (χ1n) is 9.50. The van der Waals surface area contributed by atoms with E-state index in [2.05, 4.69) is 69.4 Å². The minimum absolute atomic E-state index is 0.0369. The number of hydrogen-bond acceptors (Lipinski definition) is 1. The van der Waals surface area contributed by atoms with Gasteiger partial charge in [-0.05, 0) is 53.4 Å². The van der Waals surface area contributed by atoms with E-state index in [0.717, 1.165) is 24.9 Å². The van der Waals surface area contributed by atoms with Crippen LogP contribution in [0.25, 0.3) is 0 Å². The zero-order valence-corrected chi connectivity index (χ0v) is 15.8. The van der Waals surface area contributed by atoms with Gasteiger partial charge in [0.1, 0.15) is 0 Å². The van der Waals surface area contributed by atoms with E-state index in [-0.39, 0.29) is 11.8 Å². The van der Waals surface area contributed by atoms with Crippen molar-refractivity contribution < 1.29 is 4.79 Å². The lowest BCUT2D eigenvalue weighted by atomic mass is 9.82. The SMILES string of the molecule is CC(C)c1cccc(C(C)C)c1NC(=O)[C@@H]1CCCc2ccccc21. The van der Waals surface area contributed by atoms with Gasteiger partial charge in [-0.15, -0.1) is 0 Å². The smallest absolute Gasteiger partial charge is 0.231 e. The van der Waals surface area contributed by atoms with Gasteiger partial charge in [-0.2, -0.15) is 0 Å². The Kier molecular flexibility index (Phi) is 5.27. The predicted octanol–water partition coefficient (Wildman–Crippen LogP) is 5.99. The van der Waals surface area contributed by atoms with Gasteiger partial charge in [0.05, 0.1) is 5.92 Å². The molecule has 0 fully saturated rings. The van der Waals surface area contributed by atoms with Crippen LogP contribution in [0.15, 0.2) is 42.5 Å². The van der Waals surface area contributed by atoms with Crippen molar-refractivity contribution in [2.24, 2.45) is 0 Å². The molecule has 0 aliphatic heterocycles. The van der Waals surface area contributed by atoms with E-state index >= 15 is 0 Å². The predicted molar refractivity (Wildman–Crippen MR) is 105 cm³/mol. The van der Waals surface area contributed by atoms with Crippen molar-refractivity contribution in [3.63, 3.8) is 0 Å². The largest absolute Gasteiger partial charge is 0.325 e. The number of fused-ring (bicyclic) bond motifs is 1. The monoisotopic (exact) mass is 335 g/mol. The number of nitrogens with one attached hydrogen (secondary N) is 1. The van der Waals surface area contributed by atoms with Gasteiger partial charge < -0.3 is 5.32 Å². The molecule has 2 aromatic rings. The Morgan fingerprint density at radius 1 is 0.960 bits per heavy atom. The van der Waals surface area contributed by atoms with Crippen molar-refractivity contribution in [2.45, 2.75) is 64.7 Å². The molecule has 0 radical (unpaired) electrons. The Morgan fingerprint density at radius 2 is 1.60 bits per heavy atom. The highest BCUT2D eigenvalue weighted by Gasteiger charge is 2.27. The van der Waals surface area contributed by atoms with E-state index < -0.39 is 0 Å². The summed E-state index contributed by atoms with van der Waals surface area (Å²) >= 11 is 0. The first-order valence-corrected chi connectivity index (χ1v) is 9.50. The Labute approximate surface area is 151 Å². The summed E-state index contributed by atoms with van der Waals surface area (Å²) in [5.74, 6) is 0.868. The number of aryl methyl sites for hydroxylation is 1. The molecule has 0 bridgehead atoms. The van der Waals surface area contributed by atoms with Crippen LogP contribution in [0, 0.1) is 0 Å². The molecule has 2 heteroatoms. The molecule has 0 unspecified atom stereocenters. The molecule has 1 N–H and O–H groups in total. The zero-order valence-electron chi connectivity index (χ0n) is 15.8. The van der Waals surface area contributed by atoms with Crippen LogP contribution in [0.4, 0.5) is 5.69 Å². The molecule has 0 aromatic heterocycles. The van der Waals surface area contributed by atoms with Crippen LogP contribution in [0.1, 0.15) is 80.5 Å². The lowest BCUT2D eigenvalue weighted by Crippen LogP contribution is -2.26. The van der Waals surface area contributed by atoms with Crippen LogP contribution in [0.3, 0.4) is 0 Å². The molecular weight excluding hydrogens is 306 g/mol. The quantitative estimate of drug-likeness (QED) is 0.730. The second-order valence-corrected chi connectivity index (χ2v) is 7.75. The minimum atomic E-state index is -0.0369. The van der Waals surface area contributed by atoms with Crippen molar-refractivity contribution in [1.82, 2.24) is 0 Å². The van der Waals surface area contributed by atoms with E-state index in [0.29, 0.717) is 11.8 Å². The van der Waals surface area contributed by atoms with Gasteiger partial charge in [-0.25, -0.2) is 0 Å². The third kappa shape index (κ3) is 3.63. The molecular formula is C23H29NO. The summed E-state index contributed by atoms with van der Waals surface area (Å²) in [5.41, 5.74) is 6.02. The molecule has 1 aliphatic carbocycles. The van der Waals surface area contributed by atoms with Crippen molar-refractivity contribution in [3.8, 4) is 0 Å². The summed E-state index contributed by atoms with van der Waals surface area (Å²) in [6.45, 7) is 8.74. The second kappa shape index (κ2) is 7.43. The Balaban J connectivity index is 1.94. The third-order valence-corrected chi connectivity index (χ3v) is 5.31. The van der Waals surface area contributed by atoms with Crippen LogP contribution in [-0.4, -0.2) is 5.91 Å². The molecule has 1 aliphatic rings. The molecule has 0 saturated heterocycles. The summed E-state index contributed by atoms with van der Waals surface area (Å²) < 4.78 is 0. The number of hydrogen-bond donors (Lipinski definition) is 1. The van der Waals surface area contributed by atoms with Crippen LogP contribution in [-0.2, 0) is 11.2 Å². The standard InChI is InChI=1S/C23H29NO/c1-15(2)18-12-8-13-19(16(3)4)22(18)24-23(25)21-14-7-10-17-9-5-6-11-20(17)21/h5-6,8-9,11-13,15-16,21H,7,10,14H2,1-4H3,(H,24,25)/t21-/m1/s1. The van der Waals surface area contributed by atoms with Crippen molar-refractivity contribution >= 4 is 11.6 Å². The Morgan fingerprint density at radius 3 is 2.24 bits per heavy atom. The Bertz CT molecular complexity index is 734. The van der Waals surface area contributed by atoms with Gasteiger partial charge >= 0.3 is 0 Å². The van der Waals surface area contributed by atoms with E-state index in [1.807, 2.05) is 6.07 Å². The van der Waals surface area contributed by atoms with Crippen LogP contribution in [0.2, 0.25) is 0 Å². The number of benzene rings is 2. The normalized spacial score (nSPS) is 16.8. The molecule has 0 heterocycles. The maximum atomic E-state index is 13.2. The van der Waals surface area contributed by atoms with Crippen molar-refractivity contribution in [2.75, 3.05) is 5.32 Å². The number of carbonyl (C=O) groups is 1. The third-order valence-electron chi connectivity index (χ3n) is 5.31. The average molecular weight is 335 g/mol. The number of anilines is 1. The van der Waals surface area contributed by atoms with Crippen molar-refractivity contribution in [1.29, 1.82) is 0 Å². The number of amides is 1. The summed E-state index contributed by atoms with van der Waals surface area (Å²) in [6, 6.07) is 14.8. The van der Waals surface area contributed by atoms with E-state index in [1.54, 1.807) is 0 Å². The summed E-state index contributed by atoms with van der Waals surface area (Å²) in [7, 11) is 0. The highest BCUT2D eigenvalue weighted by molar-refractivity contribution is 5.97. The first kappa shape index (κ1) is 17.7. The minimum Gasteiger partial charge on any atom is -0.325 e. The molecule has 2 aromatic carbocycles. The lowest BCUT2D eigenvalue weighted by Gasteiger charge is -2.27. The molecule has 25 heavy (non-hydrogen) atoms. The number of carbonyl (C=O) groups excluding carboxylic acids is 1. The number of para-hydroxylation sites is 1. The molecule has 3 rings (SSSR count). The van der Waals surface area contributed by atoms with Crippen molar-refractivity contribution in [3.05, 3.63) is 64.7 Å². The zero-order chi connectivity index (χ0) is 18.0.